The van der Waals surface area contributed by atoms with Crippen LogP contribution in [0.15, 0.2) is 30.3 Å². The molecule has 20 heavy (non-hydrogen) atoms. The monoisotopic (exact) mass is 273 g/mol. The molecule has 1 aromatic rings. The zero-order valence-electron chi connectivity index (χ0n) is 12.9. The fourth-order valence-electron chi connectivity index (χ4n) is 3.28. The third-order valence-electron chi connectivity index (χ3n) is 4.50. The van der Waals surface area contributed by atoms with Gasteiger partial charge in [-0.15, -0.1) is 0 Å². The van der Waals surface area contributed by atoms with Gasteiger partial charge in [0.25, 0.3) is 0 Å². The Balaban J connectivity index is 1.77. The summed E-state index contributed by atoms with van der Waals surface area (Å²) < 4.78 is 0. The van der Waals surface area contributed by atoms with Crippen molar-refractivity contribution in [3.8, 4) is 0 Å². The van der Waals surface area contributed by atoms with Gasteiger partial charge in [0.2, 0.25) is 0 Å². The molecule has 2 rings (SSSR count). The van der Waals surface area contributed by atoms with E-state index in [1.54, 1.807) is 6.04 Å². The minimum Gasteiger partial charge on any atom is -0.330 e. The Kier molecular flexibility index (Phi) is 6.55. The second-order valence-electron chi connectivity index (χ2n) is 5.93. The molecule has 1 fully saturated rings. The van der Waals surface area contributed by atoms with Gasteiger partial charge in [-0.3, -0.25) is 4.90 Å². The molecule has 0 amide bonds. The Labute approximate surface area is 124 Å². The van der Waals surface area contributed by atoms with Gasteiger partial charge < -0.3 is 5.73 Å². The molecule has 1 atom stereocenters. The molecule has 2 heteroatoms. The standard InChI is InChI=1S/C18H29N2/c1-2-20(18-12-6-10-17(14-18)15-19)13-7-11-16-8-4-3-5-9-16/h3-5,8-9,17H,2,6-7,10-15,19H2,1H3. The summed E-state index contributed by atoms with van der Waals surface area (Å²) in [5, 5.41) is 0. The van der Waals surface area contributed by atoms with E-state index < -0.39 is 0 Å². The van der Waals surface area contributed by atoms with Crippen molar-refractivity contribution in [3.05, 3.63) is 41.9 Å². The molecule has 0 saturated heterocycles. The first kappa shape index (κ1) is 15.5. The summed E-state index contributed by atoms with van der Waals surface area (Å²) in [6, 6.07) is 12.5. The van der Waals surface area contributed by atoms with Crippen LogP contribution in [0.25, 0.3) is 0 Å². The molecular formula is C18H29N2. The molecule has 0 aromatic heterocycles. The van der Waals surface area contributed by atoms with Crippen molar-refractivity contribution in [1.29, 1.82) is 0 Å². The molecule has 1 unspecified atom stereocenters. The van der Waals surface area contributed by atoms with E-state index >= 15 is 0 Å². The van der Waals surface area contributed by atoms with Crippen molar-refractivity contribution >= 4 is 0 Å². The topological polar surface area (TPSA) is 29.3 Å². The van der Waals surface area contributed by atoms with E-state index in [4.69, 9.17) is 5.73 Å². The highest BCUT2D eigenvalue weighted by atomic mass is 15.1. The summed E-state index contributed by atoms with van der Waals surface area (Å²) in [6.45, 7) is 5.46. The third kappa shape index (κ3) is 4.60. The zero-order valence-corrected chi connectivity index (χ0v) is 12.9. The summed E-state index contributed by atoms with van der Waals surface area (Å²) in [5.74, 6) is 0.724. The Hall–Kier alpha value is -0.860. The highest BCUT2D eigenvalue weighted by Gasteiger charge is 2.25. The maximum Gasteiger partial charge on any atom is 0.0396 e. The van der Waals surface area contributed by atoms with E-state index in [2.05, 4.69) is 42.2 Å². The highest BCUT2D eigenvalue weighted by molar-refractivity contribution is 5.14. The maximum atomic E-state index is 5.85. The van der Waals surface area contributed by atoms with Gasteiger partial charge in [-0.05, 0) is 63.2 Å². The molecule has 0 aliphatic heterocycles. The van der Waals surface area contributed by atoms with Gasteiger partial charge in [0.15, 0.2) is 0 Å². The SMILES string of the molecule is CCN(CCCc1ccccc1)[C]1CCCC(CN)C1. The zero-order chi connectivity index (χ0) is 14.2. The van der Waals surface area contributed by atoms with E-state index in [0.717, 1.165) is 19.0 Å². The number of nitrogens with zero attached hydrogens (tertiary/aromatic N) is 1. The van der Waals surface area contributed by atoms with Crippen LogP contribution in [-0.4, -0.2) is 24.5 Å². The van der Waals surface area contributed by atoms with Crippen molar-refractivity contribution in [2.75, 3.05) is 19.6 Å². The summed E-state index contributed by atoms with van der Waals surface area (Å²) in [7, 11) is 0. The van der Waals surface area contributed by atoms with Crippen molar-refractivity contribution in [3.63, 3.8) is 0 Å². The summed E-state index contributed by atoms with van der Waals surface area (Å²) >= 11 is 0. The van der Waals surface area contributed by atoms with Gasteiger partial charge in [-0.1, -0.05) is 43.7 Å². The second kappa shape index (κ2) is 8.43. The Morgan fingerprint density at radius 2 is 2.05 bits per heavy atom. The number of nitrogens with two attached hydrogens (primary N) is 1. The number of hydrogen-bond donors (Lipinski definition) is 1. The minimum absolute atomic E-state index is 0.724. The van der Waals surface area contributed by atoms with Crippen molar-refractivity contribution in [2.24, 2.45) is 11.7 Å². The average Bonchev–Trinajstić information content (AvgIpc) is 2.52. The molecule has 1 saturated carbocycles. The smallest absolute Gasteiger partial charge is 0.0396 e. The lowest BCUT2D eigenvalue weighted by atomic mass is 9.85. The predicted molar refractivity (Wildman–Crippen MR) is 86.3 cm³/mol. The largest absolute Gasteiger partial charge is 0.330 e. The lowest BCUT2D eigenvalue weighted by Crippen LogP contribution is -2.35. The van der Waals surface area contributed by atoms with Crippen LogP contribution in [0, 0.1) is 12.0 Å². The molecule has 1 aromatic carbocycles. The number of aryl methyl sites for hydroxylation is 1. The minimum atomic E-state index is 0.724. The lowest BCUT2D eigenvalue weighted by molar-refractivity contribution is 0.217. The molecule has 0 bridgehead atoms. The van der Waals surface area contributed by atoms with Gasteiger partial charge >= 0.3 is 0 Å². The maximum absolute atomic E-state index is 5.85. The van der Waals surface area contributed by atoms with Gasteiger partial charge in [0.05, 0.1) is 0 Å². The van der Waals surface area contributed by atoms with Crippen LogP contribution in [0.3, 0.4) is 0 Å². The van der Waals surface area contributed by atoms with E-state index in [1.165, 1.54) is 50.6 Å². The van der Waals surface area contributed by atoms with E-state index in [0.29, 0.717) is 0 Å². The van der Waals surface area contributed by atoms with E-state index in [-0.39, 0.29) is 0 Å². The molecule has 2 nitrogen and oxygen atoms in total. The third-order valence-corrected chi connectivity index (χ3v) is 4.50. The molecular weight excluding hydrogens is 244 g/mol. The van der Waals surface area contributed by atoms with Crippen LogP contribution in [-0.2, 0) is 6.42 Å². The fourth-order valence-corrected chi connectivity index (χ4v) is 3.28. The Morgan fingerprint density at radius 1 is 1.25 bits per heavy atom. The van der Waals surface area contributed by atoms with Crippen molar-refractivity contribution < 1.29 is 0 Å². The molecule has 1 aliphatic carbocycles. The van der Waals surface area contributed by atoms with Crippen LogP contribution < -0.4 is 5.73 Å². The first-order chi connectivity index (χ1) is 9.83. The fraction of sp³-hybridized carbons (Fsp3) is 0.611. The first-order valence-electron chi connectivity index (χ1n) is 8.17. The van der Waals surface area contributed by atoms with Crippen LogP contribution in [0.1, 0.15) is 44.6 Å². The van der Waals surface area contributed by atoms with Gasteiger partial charge in [0, 0.05) is 6.04 Å². The van der Waals surface area contributed by atoms with Crippen molar-refractivity contribution in [1.82, 2.24) is 4.90 Å². The normalized spacial score (nSPS) is 20.4. The summed E-state index contributed by atoms with van der Waals surface area (Å²) in [4.78, 5) is 2.60. The van der Waals surface area contributed by atoms with Crippen LogP contribution in [0.4, 0.5) is 0 Å². The second-order valence-corrected chi connectivity index (χ2v) is 5.93. The van der Waals surface area contributed by atoms with Crippen molar-refractivity contribution in [2.45, 2.75) is 45.4 Å². The number of rotatable bonds is 7. The predicted octanol–water partition coefficient (Wildman–Crippen LogP) is 3.62. The number of hydrogen-bond acceptors (Lipinski definition) is 2. The highest BCUT2D eigenvalue weighted by Crippen LogP contribution is 2.32. The molecule has 1 aliphatic rings. The van der Waals surface area contributed by atoms with E-state index in [9.17, 15) is 0 Å². The average molecular weight is 273 g/mol. The van der Waals surface area contributed by atoms with Gasteiger partial charge in [0.1, 0.15) is 0 Å². The summed E-state index contributed by atoms with van der Waals surface area (Å²) in [6.07, 6.45) is 7.60. The van der Waals surface area contributed by atoms with Crippen LogP contribution >= 0.6 is 0 Å². The quantitative estimate of drug-likeness (QED) is 0.822. The van der Waals surface area contributed by atoms with E-state index in [1.807, 2.05) is 0 Å². The Bertz CT molecular complexity index is 363. The summed E-state index contributed by atoms with van der Waals surface area (Å²) in [5.41, 5.74) is 7.31. The molecule has 0 spiro atoms. The van der Waals surface area contributed by atoms with Crippen LogP contribution in [0.5, 0.6) is 0 Å². The van der Waals surface area contributed by atoms with Gasteiger partial charge in [-0.2, -0.15) is 0 Å². The molecule has 1 radical (unpaired) electrons. The molecule has 2 N–H and O–H groups in total. The molecule has 0 heterocycles. The lowest BCUT2D eigenvalue weighted by Gasteiger charge is -2.36. The first-order valence-corrected chi connectivity index (χ1v) is 8.17. The number of benzene rings is 1. The Morgan fingerprint density at radius 3 is 2.75 bits per heavy atom. The van der Waals surface area contributed by atoms with Crippen LogP contribution in [0.2, 0.25) is 0 Å². The molecule has 111 valence electrons. The van der Waals surface area contributed by atoms with Gasteiger partial charge in [-0.25, -0.2) is 0 Å².